The number of hydrogen-bond donors (Lipinski definition) is 1. The molecule has 0 atom stereocenters. The summed E-state index contributed by atoms with van der Waals surface area (Å²) in [4.78, 5) is 0. The number of nitrogens with one attached hydrogen (secondary N) is 1. The Bertz CT molecular complexity index is 869. The maximum atomic E-state index is 4.10. The number of tetrazole rings is 1. The molecule has 1 N–H and O–H groups in total. The monoisotopic (exact) mass is 371 g/mol. The van der Waals surface area contributed by atoms with Crippen molar-refractivity contribution in [3.8, 4) is 5.69 Å². The first kappa shape index (κ1) is 15.7. The van der Waals surface area contributed by atoms with Crippen LogP contribution in [-0.2, 0) is 0 Å². The number of rotatable bonds is 3. The molecule has 3 rings (SSSR count). The van der Waals surface area contributed by atoms with Gasteiger partial charge in [0.05, 0.1) is 11.4 Å². The summed E-state index contributed by atoms with van der Waals surface area (Å²) in [7, 11) is 0. The highest BCUT2D eigenvalue weighted by Crippen LogP contribution is 2.28. The zero-order valence-electron chi connectivity index (χ0n) is 13.6. The molecule has 2 aromatic carbocycles. The number of hydrogen-bond acceptors (Lipinski definition) is 4. The van der Waals surface area contributed by atoms with Crippen LogP contribution in [0.15, 0.2) is 34.8 Å². The van der Waals surface area contributed by atoms with Gasteiger partial charge in [-0.05, 0) is 101 Å². The zero-order chi connectivity index (χ0) is 16.6. The quantitative estimate of drug-likeness (QED) is 0.740. The van der Waals surface area contributed by atoms with Crippen LogP contribution >= 0.6 is 15.9 Å². The first-order valence-electron chi connectivity index (χ1n) is 7.35. The van der Waals surface area contributed by atoms with Gasteiger partial charge < -0.3 is 5.32 Å². The lowest BCUT2D eigenvalue weighted by Crippen LogP contribution is -2.04. The van der Waals surface area contributed by atoms with Crippen LogP contribution in [-0.4, -0.2) is 20.2 Å². The van der Waals surface area contributed by atoms with Crippen LogP contribution in [0.4, 0.5) is 11.6 Å². The fourth-order valence-electron chi connectivity index (χ4n) is 2.29. The Balaban J connectivity index is 1.98. The predicted octanol–water partition coefficient (Wildman–Crippen LogP) is 4.40. The Morgan fingerprint density at radius 1 is 0.913 bits per heavy atom. The highest BCUT2D eigenvalue weighted by atomic mass is 79.9. The minimum absolute atomic E-state index is 0.581. The molecular weight excluding hydrogens is 354 g/mol. The average molecular weight is 372 g/mol. The molecule has 0 radical (unpaired) electrons. The molecule has 1 heterocycles. The third-order valence-electron chi connectivity index (χ3n) is 4.03. The topological polar surface area (TPSA) is 55.6 Å². The lowest BCUT2D eigenvalue weighted by atomic mass is 10.1. The average Bonchev–Trinajstić information content (AvgIpc) is 2.96. The van der Waals surface area contributed by atoms with Gasteiger partial charge in [0.15, 0.2) is 0 Å². The van der Waals surface area contributed by atoms with Crippen molar-refractivity contribution in [3.05, 3.63) is 57.1 Å². The lowest BCUT2D eigenvalue weighted by Gasteiger charge is -2.12. The van der Waals surface area contributed by atoms with Crippen LogP contribution in [0.3, 0.4) is 0 Å². The van der Waals surface area contributed by atoms with Crippen molar-refractivity contribution in [1.29, 1.82) is 0 Å². The van der Waals surface area contributed by atoms with Crippen molar-refractivity contribution in [1.82, 2.24) is 20.2 Å². The molecule has 0 amide bonds. The fraction of sp³-hybridized carbons (Fsp3) is 0.235. The Morgan fingerprint density at radius 3 is 2.35 bits per heavy atom. The Morgan fingerprint density at radius 2 is 1.61 bits per heavy atom. The van der Waals surface area contributed by atoms with E-state index in [1.807, 2.05) is 6.07 Å². The van der Waals surface area contributed by atoms with Crippen molar-refractivity contribution in [2.24, 2.45) is 0 Å². The van der Waals surface area contributed by atoms with E-state index in [1.165, 1.54) is 22.3 Å². The molecule has 118 valence electrons. The first-order valence-corrected chi connectivity index (χ1v) is 8.15. The van der Waals surface area contributed by atoms with Gasteiger partial charge in [-0.1, -0.05) is 11.2 Å². The summed E-state index contributed by atoms with van der Waals surface area (Å²) in [6, 6.07) is 10.3. The molecule has 0 spiro atoms. The molecule has 23 heavy (non-hydrogen) atoms. The number of nitrogens with zero attached hydrogens (tertiary/aromatic N) is 4. The van der Waals surface area contributed by atoms with Gasteiger partial charge in [-0.3, -0.25) is 0 Å². The van der Waals surface area contributed by atoms with E-state index in [0.717, 1.165) is 15.8 Å². The van der Waals surface area contributed by atoms with E-state index < -0.39 is 0 Å². The van der Waals surface area contributed by atoms with Gasteiger partial charge in [0.25, 0.3) is 5.95 Å². The normalized spacial score (nSPS) is 10.8. The predicted molar refractivity (Wildman–Crippen MR) is 95.5 cm³/mol. The summed E-state index contributed by atoms with van der Waals surface area (Å²) in [5.41, 5.74) is 6.76. The van der Waals surface area contributed by atoms with E-state index in [1.54, 1.807) is 4.68 Å². The van der Waals surface area contributed by atoms with Gasteiger partial charge in [-0.25, -0.2) is 0 Å². The molecule has 0 unspecified atom stereocenters. The molecule has 0 aliphatic carbocycles. The third-order valence-corrected chi connectivity index (χ3v) is 4.69. The molecule has 5 nitrogen and oxygen atoms in total. The lowest BCUT2D eigenvalue weighted by molar-refractivity contribution is 0.790. The summed E-state index contributed by atoms with van der Waals surface area (Å²) in [5, 5.41) is 15.3. The minimum Gasteiger partial charge on any atom is -0.322 e. The van der Waals surface area contributed by atoms with Gasteiger partial charge in [0, 0.05) is 4.47 Å². The standard InChI is InChI=1S/C17H18BrN5/c1-10-5-6-14(7-11(10)2)23-17(20-21-22-23)19-16-9-13(4)12(3)8-15(16)18/h5-9H,1-4H3,(H,19,20,22). The molecule has 1 aromatic heterocycles. The molecule has 3 aromatic rings. The fourth-order valence-corrected chi connectivity index (χ4v) is 2.85. The van der Waals surface area contributed by atoms with Crippen LogP contribution in [0.5, 0.6) is 0 Å². The van der Waals surface area contributed by atoms with Crippen LogP contribution in [0, 0.1) is 27.7 Å². The van der Waals surface area contributed by atoms with Crippen molar-refractivity contribution < 1.29 is 0 Å². The zero-order valence-corrected chi connectivity index (χ0v) is 15.1. The van der Waals surface area contributed by atoms with E-state index in [0.29, 0.717) is 5.95 Å². The van der Waals surface area contributed by atoms with E-state index in [2.05, 4.69) is 88.7 Å². The molecular formula is C17H18BrN5. The number of aromatic nitrogens is 4. The second-order valence-electron chi connectivity index (χ2n) is 5.72. The Kier molecular flexibility index (Phi) is 4.17. The summed E-state index contributed by atoms with van der Waals surface area (Å²) in [6.45, 7) is 8.34. The highest BCUT2D eigenvalue weighted by Gasteiger charge is 2.11. The van der Waals surface area contributed by atoms with Gasteiger partial charge in [0.2, 0.25) is 0 Å². The molecule has 0 fully saturated rings. The van der Waals surface area contributed by atoms with Crippen molar-refractivity contribution in [2.45, 2.75) is 27.7 Å². The molecule has 0 saturated heterocycles. The summed E-state index contributed by atoms with van der Waals surface area (Å²) >= 11 is 3.59. The maximum Gasteiger partial charge on any atom is 0.252 e. The second kappa shape index (κ2) is 6.12. The van der Waals surface area contributed by atoms with E-state index in [-0.39, 0.29) is 0 Å². The highest BCUT2D eigenvalue weighted by molar-refractivity contribution is 9.10. The molecule has 0 aliphatic rings. The Labute approximate surface area is 143 Å². The van der Waals surface area contributed by atoms with Crippen LogP contribution < -0.4 is 5.32 Å². The minimum atomic E-state index is 0.581. The largest absolute Gasteiger partial charge is 0.322 e. The number of aryl methyl sites for hydroxylation is 4. The smallest absolute Gasteiger partial charge is 0.252 e. The molecule has 6 heteroatoms. The van der Waals surface area contributed by atoms with Crippen molar-refractivity contribution >= 4 is 27.6 Å². The van der Waals surface area contributed by atoms with E-state index >= 15 is 0 Å². The number of anilines is 2. The van der Waals surface area contributed by atoms with Crippen molar-refractivity contribution in [2.75, 3.05) is 5.32 Å². The second-order valence-corrected chi connectivity index (χ2v) is 6.58. The molecule has 0 saturated carbocycles. The van der Waals surface area contributed by atoms with Crippen LogP contribution in [0.2, 0.25) is 0 Å². The van der Waals surface area contributed by atoms with Crippen LogP contribution in [0.1, 0.15) is 22.3 Å². The summed E-state index contributed by atoms with van der Waals surface area (Å²) in [6.07, 6.45) is 0. The SMILES string of the molecule is Cc1ccc(-n2nnnc2Nc2cc(C)c(C)cc2Br)cc1C. The summed E-state index contributed by atoms with van der Waals surface area (Å²) < 4.78 is 2.68. The van der Waals surface area contributed by atoms with Gasteiger partial charge >= 0.3 is 0 Å². The van der Waals surface area contributed by atoms with Crippen molar-refractivity contribution in [3.63, 3.8) is 0 Å². The first-order chi connectivity index (χ1) is 11.0. The van der Waals surface area contributed by atoms with Gasteiger partial charge in [0.1, 0.15) is 0 Å². The summed E-state index contributed by atoms with van der Waals surface area (Å²) in [5.74, 6) is 0.581. The van der Waals surface area contributed by atoms with Crippen LogP contribution in [0.25, 0.3) is 5.69 Å². The maximum absolute atomic E-state index is 4.10. The third kappa shape index (κ3) is 3.12. The molecule has 0 aliphatic heterocycles. The van der Waals surface area contributed by atoms with Gasteiger partial charge in [-0.2, -0.15) is 4.68 Å². The number of halogens is 1. The van der Waals surface area contributed by atoms with E-state index in [4.69, 9.17) is 0 Å². The Hall–Kier alpha value is -2.21. The molecule has 0 bridgehead atoms. The van der Waals surface area contributed by atoms with Gasteiger partial charge in [-0.15, -0.1) is 0 Å². The van der Waals surface area contributed by atoms with E-state index in [9.17, 15) is 0 Å². The number of benzene rings is 2.